The third kappa shape index (κ3) is 4.11. The first kappa shape index (κ1) is 18.9. The van der Waals surface area contributed by atoms with E-state index in [2.05, 4.69) is 10.6 Å². The maximum Gasteiger partial charge on any atom is 0.255 e. The molecular weight excluding hydrogens is 368 g/mol. The topological polar surface area (TPSA) is 85.9 Å². The number of rotatable bonds is 5. The molecule has 0 saturated heterocycles. The van der Waals surface area contributed by atoms with E-state index >= 15 is 0 Å². The second-order valence-electron chi connectivity index (χ2n) is 5.73. The third-order valence-corrected chi connectivity index (χ3v) is 5.10. The number of carbonyl (C=O) groups is 2. The molecule has 2 aromatic carbocycles. The van der Waals surface area contributed by atoms with Gasteiger partial charge in [-0.15, -0.1) is 11.8 Å². The molecule has 0 radical (unpaired) electrons. The highest BCUT2D eigenvalue weighted by atomic mass is 32.2. The Morgan fingerprint density at radius 2 is 1.78 bits per heavy atom. The fraction of sp³-hybridized carbons (Fsp3) is 0.263. The molecule has 0 bridgehead atoms. The molecule has 0 spiro atoms. The zero-order valence-corrected chi connectivity index (χ0v) is 16.1. The van der Waals surface area contributed by atoms with Crippen LogP contribution in [0.5, 0.6) is 17.2 Å². The molecule has 142 valence electrons. The summed E-state index contributed by atoms with van der Waals surface area (Å²) in [5, 5.41) is 5.66. The number of amides is 2. The summed E-state index contributed by atoms with van der Waals surface area (Å²) in [6, 6.07) is 8.56. The van der Waals surface area contributed by atoms with Crippen molar-refractivity contribution in [2.24, 2.45) is 0 Å². The summed E-state index contributed by atoms with van der Waals surface area (Å²) >= 11 is 1.59. The Morgan fingerprint density at radius 1 is 1.07 bits per heavy atom. The van der Waals surface area contributed by atoms with E-state index in [1.54, 1.807) is 36.0 Å². The van der Waals surface area contributed by atoms with Gasteiger partial charge in [-0.05, 0) is 18.2 Å². The van der Waals surface area contributed by atoms with E-state index in [0.717, 1.165) is 10.6 Å². The third-order valence-electron chi connectivity index (χ3n) is 4.03. The summed E-state index contributed by atoms with van der Waals surface area (Å²) in [5.41, 5.74) is 1.59. The number of hydrogen-bond acceptors (Lipinski definition) is 6. The van der Waals surface area contributed by atoms with Crippen LogP contribution in [0, 0.1) is 0 Å². The Morgan fingerprint density at radius 3 is 2.41 bits per heavy atom. The van der Waals surface area contributed by atoms with Gasteiger partial charge >= 0.3 is 0 Å². The fourth-order valence-corrected chi connectivity index (χ4v) is 3.65. The second kappa shape index (κ2) is 8.22. The number of carbonyl (C=O) groups excluding carboxylic acids is 2. The van der Waals surface area contributed by atoms with E-state index in [0.29, 0.717) is 40.6 Å². The van der Waals surface area contributed by atoms with Crippen LogP contribution in [0.15, 0.2) is 35.2 Å². The van der Waals surface area contributed by atoms with Gasteiger partial charge in [0.25, 0.3) is 5.91 Å². The Bertz CT molecular complexity index is 859. The van der Waals surface area contributed by atoms with Gasteiger partial charge in [-0.2, -0.15) is 0 Å². The number of benzene rings is 2. The first-order valence-electron chi connectivity index (χ1n) is 8.23. The van der Waals surface area contributed by atoms with Crippen molar-refractivity contribution in [3.63, 3.8) is 0 Å². The normalized spacial score (nSPS) is 13.1. The molecule has 0 aromatic heterocycles. The van der Waals surface area contributed by atoms with Gasteiger partial charge in [0, 0.05) is 40.5 Å². The summed E-state index contributed by atoms with van der Waals surface area (Å²) in [6.07, 6.45) is 0.451. The Balaban J connectivity index is 1.86. The molecule has 0 fully saturated rings. The molecule has 0 atom stereocenters. The minimum absolute atomic E-state index is 0.0524. The summed E-state index contributed by atoms with van der Waals surface area (Å²) in [6.45, 7) is 0. The number of ether oxygens (including phenoxy) is 3. The van der Waals surface area contributed by atoms with E-state index < -0.39 is 0 Å². The maximum atomic E-state index is 12.7. The lowest BCUT2D eigenvalue weighted by atomic mass is 10.1. The molecule has 27 heavy (non-hydrogen) atoms. The van der Waals surface area contributed by atoms with Gasteiger partial charge in [0.05, 0.1) is 27.0 Å². The smallest absolute Gasteiger partial charge is 0.255 e. The summed E-state index contributed by atoms with van der Waals surface area (Å²) in [5.74, 6) is 1.69. The van der Waals surface area contributed by atoms with Gasteiger partial charge in [-0.25, -0.2) is 0 Å². The van der Waals surface area contributed by atoms with Crippen molar-refractivity contribution in [2.45, 2.75) is 11.3 Å². The van der Waals surface area contributed by atoms with Crippen LogP contribution >= 0.6 is 11.8 Å². The van der Waals surface area contributed by atoms with Crippen molar-refractivity contribution in [1.82, 2.24) is 0 Å². The molecule has 2 N–H and O–H groups in total. The van der Waals surface area contributed by atoms with E-state index in [9.17, 15) is 9.59 Å². The quantitative estimate of drug-likeness (QED) is 0.817. The number of thioether (sulfide) groups is 1. The predicted octanol–water partition coefficient (Wildman–Crippen LogP) is 3.40. The fourth-order valence-electron chi connectivity index (χ4n) is 2.72. The lowest BCUT2D eigenvalue weighted by Crippen LogP contribution is -2.14. The van der Waals surface area contributed by atoms with Gasteiger partial charge in [-0.3, -0.25) is 9.59 Å². The zero-order valence-electron chi connectivity index (χ0n) is 15.3. The first-order valence-corrected chi connectivity index (χ1v) is 9.22. The van der Waals surface area contributed by atoms with Crippen molar-refractivity contribution in [1.29, 1.82) is 0 Å². The molecule has 1 aliphatic heterocycles. The van der Waals surface area contributed by atoms with Gasteiger partial charge < -0.3 is 24.8 Å². The monoisotopic (exact) mass is 388 g/mol. The van der Waals surface area contributed by atoms with E-state index in [1.165, 1.54) is 21.3 Å². The molecule has 0 aliphatic carbocycles. The van der Waals surface area contributed by atoms with Crippen LogP contribution in [-0.2, 0) is 4.79 Å². The molecule has 0 saturated carbocycles. The standard InChI is InChI=1S/C19H20N2O5S/c1-24-14-9-12(10-15(25-2)18(14)26-3)20-19(23)11-4-5-16-13(8-11)21-17(22)6-7-27-16/h4-5,8-10H,6-7H2,1-3H3,(H,20,23)(H,21,22). The number of fused-ring (bicyclic) bond motifs is 1. The van der Waals surface area contributed by atoms with Crippen LogP contribution < -0.4 is 24.8 Å². The number of anilines is 2. The summed E-state index contributed by atoms with van der Waals surface area (Å²) in [4.78, 5) is 25.4. The Hall–Kier alpha value is -2.87. The van der Waals surface area contributed by atoms with Crippen molar-refractivity contribution < 1.29 is 23.8 Å². The van der Waals surface area contributed by atoms with Crippen molar-refractivity contribution >= 4 is 35.0 Å². The lowest BCUT2D eigenvalue weighted by Gasteiger charge is -2.15. The SMILES string of the molecule is COc1cc(NC(=O)c2ccc3c(c2)NC(=O)CCS3)cc(OC)c1OC. The molecule has 1 aliphatic rings. The second-order valence-corrected chi connectivity index (χ2v) is 6.86. The first-order chi connectivity index (χ1) is 13.0. The molecule has 1 heterocycles. The minimum atomic E-state index is -0.310. The molecule has 2 amide bonds. The molecule has 8 heteroatoms. The van der Waals surface area contributed by atoms with Crippen molar-refractivity contribution in [3.05, 3.63) is 35.9 Å². The summed E-state index contributed by atoms with van der Waals surface area (Å²) in [7, 11) is 4.53. The number of nitrogens with one attached hydrogen (secondary N) is 2. The van der Waals surface area contributed by atoms with Crippen molar-refractivity contribution in [3.8, 4) is 17.2 Å². The van der Waals surface area contributed by atoms with Gasteiger partial charge in [-0.1, -0.05) is 0 Å². The van der Waals surface area contributed by atoms with Gasteiger partial charge in [0.1, 0.15) is 0 Å². The highest BCUT2D eigenvalue weighted by molar-refractivity contribution is 7.99. The van der Waals surface area contributed by atoms with E-state index in [4.69, 9.17) is 14.2 Å². The van der Waals surface area contributed by atoms with Gasteiger partial charge in [0.15, 0.2) is 11.5 Å². The number of hydrogen-bond donors (Lipinski definition) is 2. The summed E-state index contributed by atoms with van der Waals surface area (Å²) < 4.78 is 15.9. The van der Waals surface area contributed by atoms with Crippen LogP contribution in [0.4, 0.5) is 11.4 Å². The average Bonchev–Trinajstić information content (AvgIpc) is 2.86. The molecule has 7 nitrogen and oxygen atoms in total. The zero-order chi connectivity index (χ0) is 19.4. The molecular formula is C19H20N2O5S. The van der Waals surface area contributed by atoms with Crippen LogP contribution in [0.2, 0.25) is 0 Å². The van der Waals surface area contributed by atoms with Crippen molar-refractivity contribution in [2.75, 3.05) is 37.7 Å². The van der Waals surface area contributed by atoms with Crippen LogP contribution in [-0.4, -0.2) is 38.9 Å². The Labute approximate surface area is 161 Å². The van der Waals surface area contributed by atoms with Crippen LogP contribution in [0.25, 0.3) is 0 Å². The molecule has 2 aromatic rings. The highest BCUT2D eigenvalue weighted by Crippen LogP contribution is 2.40. The molecule has 0 unspecified atom stereocenters. The maximum absolute atomic E-state index is 12.7. The predicted molar refractivity (Wildman–Crippen MR) is 104 cm³/mol. The van der Waals surface area contributed by atoms with Gasteiger partial charge in [0.2, 0.25) is 11.7 Å². The highest BCUT2D eigenvalue weighted by Gasteiger charge is 2.18. The van der Waals surface area contributed by atoms with Crippen LogP contribution in [0.3, 0.4) is 0 Å². The average molecular weight is 388 g/mol. The van der Waals surface area contributed by atoms with Crippen LogP contribution in [0.1, 0.15) is 16.8 Å². The largest absolute Gasteiger partial charge is 0.493 e. The van der Waals surface area contributed by atoms with E-state index in [-0.39, 0.29) is 11.8 Å². The minimum Gasteiger partial charge on any atom is -0.493 e. The number of methoxy groups -OCH3 is 3. The molecule has 3 rings (SSSR count). The Kier molecular flexibility index (Phi) is 5.75. The van der Waals surface area contributed by atoms with E-state index in [1.807, 2.05) is 6.07 Å². The lowest BCUT2D eigenvalue weighted by molar-refractivity contribution is -0.115.